The molecular weight excluding hydrogens is 571 g/mol. The normalized spacial score (nSPS) is 14.4. The van der Waals surface area contributed by atoms with Crippen molar-refractivity contribution in [1.29, 1.82) is 0 Å². The molecule has 0 bridgehead atoms. The van der Waals surface area contributed by atoms with Crippen molar-refractivity contribution in [1.82, 2.24) is 4.90 Å². The molecule has 0 unspecified atom stereocenters. The van der Waals surface area contributed by atoms with Gasteiger partial charge in [0, 0.05) is 18.2 Å². The van der Waals surface area contributed by atoms with Crippen molar-refractivity contribution in [2.75, 3.05) is 6.61 Å². The van der Waals surface area contributed by atoms with E-state index in [0.29, 0.717) is 35.0 Å². The fourth-order valence-electron chi connectivity index (χ4n) is 3.70. The molecule has 2 amide bonds. The molecular formula is C26H18F3N3O8S. The van der Waals surface area contributed by atoms with E-state index in [1.54, 1.807) is 6.92 Å². The number of nitro benzene ring substituents is 2. The van der Waals surface area contributed by atoms with Crippen LogP contribution >= 0.6 is 11.8 Å². The van der Waals surface area contributed by atoms with Crippen LogP contribution in [0, 0.1) is 20.2 Å². The first kappa shape index (κ1) is 29.1. The molecule has 1 fully saturated rings. The number of nitrogens with zero attached hydrogens (tertiary/aromatic N) is 3. The number of thioether (sulfide) groups is 1. The second-order valence-corrected chi connectivity index (χ2v) is 9.36. The van der Waals surface area contributed by atoms with Crippen LogP contribution in [-0.2, 0) is 17.5 Å². The van der Waals surface area contributed by atoms with Crippen LogP contribution in [0.15, 0.2) is 65.6 Å². The molecule has 0 N–H and O–H groups in total. The Morgan fingerprint density at radius 3 is 2.22 bits per heavy atom. The molecule has 1 heterocycles. The minimum atomic E-state index is -4.79. The summed E-state index contributed by atoms with van der Waals surface area (Å²) in [4.78, 5) is 47.2. The van der Waals surface area contributed by atoms with Crippen LogP contribution in [0.25, 0.3) is 6.08 Å². The number of benzene rings is 3. The molecule has 1 aliphatic heterocycles. The van der Waals surface area contributed by atoms with E-state index in [1.807, 2.05) is 0 Å². The Kier molecular flexibility index (Phi) is 8.28. The Labute approximate surface area is 233 Å². The van der Waals surface area contributed by atoms with Gasteiger partial charge in [-0.1, -0.05) is 18.2 Å². The number of carbonyl (C=O) groups excluding carboxylic acids is 2. The van der Waals surface area contributed by atoms with Gasteiger partial charge < -0.3 is 9.47 Å². The van der Waals surface area contributed by atoms with Crippen molar-refractivity contribution >= 4 is 40.4 Å². The monoisotopic (exact) mass is 589 g/mol. The summed E-state index contributed by atoms with van der Waals surface area (Å²) in [6.45, 7) is 1.70. The van der Waals surface area contributed by atoms with E-state index in [4.69, 9.17) is 9.47 Å². The maximum atomic E-state index is 13.0. The summed E-state index contributed by atoms with van der Waals surface area (Å²) in [5.74, 6) is -0.972. The molecule has 0 aromatic heterocycles. The van der Waals surface area contributed by atoms with Crippen molar-refractivity contribution in [2.24, 2.45) is 0 Å². The summed E-state index contributed by atoms with van der Waals surface area (Å²) in [6, 6.07) is 11.6. The highest BCUT2D eigenvalue weighted by atomic mass is 32.2. The Morgan fingerprint density at radius 1 is 0.927 bits per heavy atom. The summed E-state index contributed by atoms with van der Waals surface area (Å²) < 4.78 is 50.2. The lowest BCUT2D eigenvalue weighted by atomic mass is 10.1. The van der Waals surface area contributed by atoms with Gasteiger partial charge in [-0.15, -0.1) is 0 Å². The topological polar surface area (TPSA) is 142 Å². The molecule has 0 aliphatic carbocycles. The van der Waals surface area contributed by atoms with E-state index in [1.165, 1.54) is 48.5 Å². The number of imide groups is 1. The molecule has 4 rings (SSSR count). The standard InChI is InChI=1S/C26H18F3N3O8S/c1-2-39-22-11-16(5-9-21(22)40-20-10-6-17(26(27,28)29)13-19(20)32(37)38)12-23-24(33)30(25(34)41-23)14-15-3-7-18(8-4-15)31(35)36/h3-13H,2,14H2,1H3/b23-12+. The molecule has 1 saturated heterocycles. The molecule has 1 aliphatic rings. The first-order valence-electron chi connectivity index (χ1n) is 11.7. The lowest BCUT2D eigenvalue weighted by molar-refractivity contribution is -0.385. The first-order chi connectivity index (χ1) is 19.4. The number of carbonyl (C=O) groups is 2. The number of rotatable bonds is 9. The Bertz CT molecular complexity index is 1580. The van der Waals surface area contributed by atoms with Crippen LogP contribution < -0.4 is 9.47 Å². The lowest BCUT2D eigenvalue weighted by Crippen LogP contribution is -2.27. The SMILES string of the molecule is CCOc1cc(/C=C2/SC(=O)N(Cc3ccc([N+](=O)[O-])cc3)C2=O)ccc1Oc1ccc(C(F)(F)F)cc1[N+](=O)[O-]. The maximum Gasteiger partial charge on any atom is 0.416 e. The molecule has 41 heavy (non-hydrogen) atoms. The molecule has 11 nitrogen and oxygen atoms in total. The van der Waals surface area contributed by atoms with Gasteiger partial charge in [-0.2, -0.15) is 13.2 Å². The predicted molar refractivity (Wildman–Crippen MR) is 140 cm³/mol. The van der Waals surface area contributed by atoms with Crippen molar-refractivity contribution in [3.8, 4) is 17.2 Å². The van der Waals surface area contributed by atoms with E-state index in [9.17, 15) is 43.0 Å². The van der Waals surface area contributed by atoms with Crippen LogP contribution in [0.2, 0.25) is 0 Å². The Balaban J connectivity index is 1.57. The zero-order valence-electron chi connectivity index (χ0n) is 20.9. The van der Waals surface area contributed by atoms with Gasteiger partial charge in [-0.25, -0.2) is 0 Å². The summed E-state index contributed by atoms with van der Waals surface area (Å²) >= 11 is 0.690. The molecule has 0 saturated carbocycles. The lowest BCUT2D eigenvalue weighted by Gasteiger charge is -2.14. The van der Waals surface area contributed by atoms with Crippen molar-refractivity contribution < 1.29 is 42.1 Å². The van der Waals surface area contributed by atoms with Gasteiger partial charge in [0.25, 0.3) is 16.8 Å². The summed E-state index contributed by atoms with van der Waals surface area (Å²) in [5.41, 5.74) is -1.32. The summed E-state index contributed by atoms with van der Waals surface area (Å²) in [6.07, 6.45) is -3.36. The molecule has 0 atom stereocenters. The molecule has 212 valence electrons. The number of hydrogen-bond acceptors (Lipinski definition) is 9. The van der Waals surface area contributed by atoms with E-state index in [2.05, 4.69) is 0 Å². The van der Waals surface area contributed by atoms with Crippen LogP contribution in [0.5, 0.6) is 17.2 Å². The quantitative estimate of drug-likeness (QED) is 0.147. The molecule has 0 radical (unpaired) electrons. The van der Waals surface area contributed by atoms with Crippen molar-refractivity contribution in [3.63, 3.8) is 0 Å². The van der Waals surface area contributed by atoms with Crippen LogP contribution in [0.3, 0.4) is 0 Å². The van der Waals surface area contributed by atoms with E-state index >= 15 is 0 Å². The fraction of sp³-hybridized carbons (Fsp3) is 0.154. The summed E-state index contributed by atoms with van der Waals surface area (Å²) in [7, 11) is 0. The Morgan fingerprint density at radius 2 is 1.61 bits per heavy atom. The largest absolute Gasteiger partial charge is 0.490 e. The second-order valence-electron chi connectivity index (χ2n) is 8.37. The van der Waals surface area contributed by atoms with Gasteiger partial charge in [-0.05, 0) is 60.2 Å². The van der Waals surface area contributed by atoms with Crippen molar-refractivity contribution in [2.45, 2.75) is 19.6 Å². The molecule has 3 aromatic carbocycles. The average molecular weight is 590 g/mol. The number of nitro groups is 2. The highest BCUT2D eigenvalue weighted by Crippen LogP contribution is 2.41. The number of hydrogen-bond donors (Lipinski definition) is 0. The zero-order valence-corrected chi connectivity index (χ0v) is 21.7. The highest BCUT2D eigenvalue weighted by molar-refractivity contribution is 8.18. The Hall–Kier alpha value is -4.92. The maximum absolute atomic E-state index is 13.0. The molecule has 15 heteroatoms. The van der Waals surface area contributed by atoms with Gasteiger partial charge in [0.05, 0.1) is 33.5 Å². The third-order valence-corrected chi connectivity index (χ3v) is 6.54. The van der Waals surface area contributed by atoms with E-state index < -0.39 is 44.2 Å². The van der Waals surface area contributed by atoms with Gasteiger partial charge in [0.2, 0.25) is 5.75 Å². The van der Waals surface area contributed by atoms with Gasteiger partial charge >= 0.3 is 11.9 Å². The number of amides is 2. The van der Waals surface area contributed by atoms with Crippen LogP contribution in [0.1, 0.15) is 23.6 Å². The van der Waals surface area contributed by atoms with Gasteiger partial charge in [0.15, 0.2) is 11.5 Å². The number of alkyl halides is 3. The number of ether oxygens (including phenoxy) is 2. The third kappa shape index (κ3) is 6.63. The molecule has 3 aromatic rings. The van der Waals surface area contributed by atoms with E-state index in [0.717, 1.165) is 11.0 Å². The summed E-state index contributed by atoms with van der Waals surface area (Å²) in [5, 5.41) is 21.7. The third-order valence-electron chi connectivity index (χ3n) is 5.63. The van der Waals surface area contributed by atoms with Gasteiger partial charge in [0.1, 0.15) is 0 Å². The smallest absolute Gasteiger partial charge is 0.416 e. The average Bonchev–Trinajstić information content (AvgIpc) is 3.17. The molecule has 0 spiro atoms. The number of halogens is 3. The first-order valence-corrected chi connectivity index (χ1v) is 12.5. The highest BCUT2D eigenvalue weighted by Gasteiger charge is 2.35. The van der Waals surface area contributed by atoms with E-state index in [-0.39, 0.29) is 35.2 Å². The van der Waals surface area contributed by atoms with Crippen LogP contribution in [0.4, 0.5) is 29.3 Å². The fourth-order valence-corrected chi connectivity index (χ4v) is 4.54. The van der Waals surface area contributed by atoms with Crippen LogP contribution in [-0.4, -0.2) is 32.5 Å². The minimum absolute atomic E-state index is 0.0295. The van der Waals surface area contributed by atoms with Crippen molar-refractivity contribution in [3.05, 3.63) is 102 Å². The zero-order chi connectivity index (χ0) is 29.9. The van der Waals surface area contributed by atoms with Gasteiger partial charge in [-0.3, -0.25) is 34.7 Å². The predicted octanol–water partition coefficient (Wildman–Crippen LogP) is 6.95. The second kappa shape index (κ2) is 11.7. The number of non-ortho nitro benzene ring substituents is 1. The minimum Gasteiger partial charge on any atom is -0.490 e.